The number of carbonyl (C=O) groups is 3. The predicted octanol–water partition coefficient (Wildman–Crippen LogP) is 4.72. The highest BCUT2D eigenvalue weighted by atomic mass is 35.5. The second kappa shape index (κ2) is 10.6. The number of carbonyl (C=O) groups excluding carboxylic acids is 3. The van der Waals surface area contributed by atoms with E-state index in [0.717, 1.165) is 5.56 Å². The van der Waals surface area contributed by atoms with E-state index in [1.807, 2.05) is 42.5 Å². The van der Waals surface area contributed by atoms with Gasteiger partial charge in [-0.2, -0.15) is 0 Å². The molecule has 0 spiro atoms. The van der Waals surface area contributed by atoms with Crippen LogP contribution in [0, 0.1) is 5.41 Å². The number of nitrogens with zero attached hydrogens (tertiary/aromatic N) is 1. The van der Waals surface area contributed by atoms with E-state index in [0.29, 0.717) is 49.5 Å². The van der Waals surface area contributed by atoms with Crippen LogP contribution in [-0.4, -0.2) is 42.3 Å². The van der Waals surface area contributed by atoms with Crippen LogP contribution in [0.5, 0.6) is 0 Å². The predicted molar refractivity (Wildman–Crippen MR) is 120 cm³/mol. The number of esters is 1. The lowest BCUT2D eigenvalue weighted by atomic mass is 9.73. The lowest BCUT2D eigenvalue weighted by Crippen LogP contribution is -2.48. The Balaban J connectivity index is 1.62. The van der Waals surface area contributed by atoms with Gasteiger partial charge in [0.15, 0.2) is 5.78 Å². The number of piperidine rings is 1. The minimum Gasteiger partial charge on any atom is -0.466 e. The number of ether oxygens (including phenoxy) is 1. The van der Waals surface area contributed by atoms with Gasteiger partial charge in [-0.3, -0.25) is 14.4 Å². The van der Waals surface area contributed by atoms with Crippen LogP contribution >= 0.6 is 11.6 Å². The van der Waals surface area contributed by atoms with Crippen LogP contribution in [-0.2, 0) is 20.7 Å². The van der Waals surface area contributed by atoms with Crippen LogP contribution in [0.15, 0.2) is 54.6 Å². The minimum absolute atomic E-state index is 0.0365. The molecule has 1 amide bonds. The van der Waals surface area contributed by atoms with Crippen molar-refractivity contribution in [2.24, 2.45) is 5.41 Å². The summed E-state index contributed by atoms with van der Waals surface area (Å²) in [6, 6.07) is 16.5. The van der Waals surface area contributed by atoms with E-state index < -0.39 is 5.41 Å². The second-order valence-electron chi connectivity index (χ2n) is 7.94. The summed E-state index contributed by atoms with van der Waals surface area (Å²) in [4.78, 5) is 39.6. The van der Waals surface area contributed by atoms with Crippen LogP contribution < -0.4 is 0 Å². The van der Waals surface area contributed by atoms with Crippen molar-refractivity contribution in [3.05, 3.63) is 70.7 Å². The Labute approximate surface area is 188 Å². The summed E-state index contributed by atoms with van der Waals surface area (Å²) in [6.45, 7) is 3.03. The van der Waals surface area contributed by atoms with Crippen LogP contribution in [0.1, 0.15) is 48.5 Å². The Hall–Kier alpha value is -2.66. The van der Waals surface area contributed by atoms with Crippen molar-refractivity contribution in [3.8, 4) is 0 Å². The van der Waals surface area contributed by atoms with Crippen molar-refractivity contribution in [1.29, 1.82) is 0 Å². The Morgan fingerprint density at radius 3 is 2.26 bits per heavy atom. The summed E-state index contributed by atoms with van der Waals surface area (Å²) in [5, 5.41) is 0.629. The number of hydrogen-bond acceptors (Lipinski definition) is 4. The molecule has 164 valence electrons. The van der Waals surface area contributed by atoms with Crippen molar-refractivity contribution < 1.29 is 19.1 Å². The number of likely N-dealkylation sites (tertiary alicyclic amines) is 1. The average Bonchev–Trinajstić information content (AvgIpc) is 2.80. The highest BCUT2D eigenvalue weighted by Gasteiger charge is 2.43. The number of Topliss-reactive ketones (excluding diaryl/α,β-unsaturated/α-hetero) is 1. The standard InChI is InChI=1S/C25H28ClNO4/c1-2-31-24(30)25(18-20-10-6-7-11-21(20)26)14-16-27(17-15-25)23(29)13-12-22(28)19-8-4-3-5-9-19/h3-11H,2,12-18H2,1H3. The van der Waals surface area contributed by atoms with Crippen molar-refractivity contribution in [2.75, 3.05) is 19.7 Å². The van der Waals surface area contributed by atoms with Gasteiger partial charge >= 0.3 is 5.97 Å². The first-order valence-corrected chi connectivity index (χ1v) is 11.1. The zero-order valence-corrected chi connectivity index (χ0v) is 18.6. The molecule has 1 heterocycles. The molecule has 1 saturated heterocycles. The van der Waals surface area contributed by atoms with Crippen molar-refractivity contribution >= 4 is 29.3 Å². The van der Waals surface area contributed by atoms with Gasteiger partial charge in [0.05, 0.1) is 12.0 Å². The number of rotatable bonds is 8. The van der Waals surface area contributed by atoms with E-state index in [9.17, 15) is 14.4 Å². The first-order valence-electron chi connectivity index (χ1n) is 10.7. The molecule has 1 aliphatic rings. The molecule has 31 heavy (non-hydrogen) atoms. The Morgan fingerprint density at radius 2 is 1.61 bits per heavy atom. The van der Waals surface area contributed by atoms with E-state index in [4.69, 9.17) is 16.3 Å². The largest absolute Gasteiger partial charge is 0.466 e. The van der Waals surface area contributed by atoms with E-state index in [1.165, 1.54) is 0 Å². The molecule has 6 heteroatoms. The van der Waals surface area contributed by atoms with Gasteiger partial charge in [0.25, 0.3) is 0 Å². The summed E-state index contributed by atoms with van der Waals surface area (Å²) in [5.41, 5.74) is 0.831. The van der Waals surface area contributed by atoms with E-state index in [1.54, 1.807) is 24.0 Å². The summed E-state index contributed by atoms with van der Waals surface area (Å²) in [5.74, 6) is -0.327. The van der Waals surface area contributed by atoms with E-state index in [2.05, 4.69) is 0 Å². The molecule has 0 aliphatic carbocycles. The fourth-order valence-electron chi connectivity index (χ4n) is 4.07. The topological polar surface area (TPSA) is 63.7 Å². The van der Waals surface area contributed by atoms with E-state index in [-0.39, 0.29) is 30.5 Å². The monoisotopic (exact) mass is 441 g/mol. The van der Waals surface area contributed by atoms with Crippen LogP contribution in [0.2, 0.25) is 5.02 Å². The number of benzene rings is 2. The van der Waals surface area contributed by atoms with Crippen LogP contribution in [0.3, 0.4) is 0 Å². The zero-order valence-electron chi connectivity index (χ0n) is 17.8. The Morgan fingerprint density at radius 1 is 0.968 bits per heavy atom. The Bertz CT molecular complexity index is 920. The molecule has 3 rings (SSSR count). The molecule has 0 bridgehead atoms. The van der Waals surface area contributed by atoms with Crippen molar-refractivity contribution in [2.45, 2.75) is 39.0 Å². The normalized spacial score (nSPS) is 15.4. The summed E-state index contributed by atoms with van der Waals surface area (Å²) in [6.07, 6.45) is 1.86. The number of amides is 1. The molecular weight excluding hydrogens is 414 g/mol. The van der Waals surface area contributed by atoms with Gasteiger partial charge in [0, 0.05) is 36.5 Å². The molecule has 0 saturated carbocycles. The number of halogens is 1. The highest BCUT2D eigenvalue weighted by Crippen LogP contribution is 2.38. The van der Waals surface area contributed by atoms with Crippen molar-refractivity contribution in [3.63, 3.8) is 0 Å². The fourth-order valence-corrected chi connectivity index (χ4v) is 4.28. The third-order valence-corrected chi connectivity index (χ3v) is 6.30. The third kappa shape index (κ3) is 5.73. The second-order valence-corrected chi connectivity index (χ2v) is 8.35. The maximum absolute atomic E-state index is 12.9. The molecule has 1 fully saturated rings. The highest BCUT2D eigenvalue weighted by molar-refractivity contribution is 6.31. The summed E-state index contributed by atoms with van der Waals surface area (Å²) in [7, 11) is 0. The maximum Gasteiger partial charge on any atom is 0.312 e. The summed E-state index contributed by atoms with van der Waals surface area (Å²) < 4.78 is 5.39. The maximum atomic E-state index is 12.9. The van der Waals surface area contributed by atoms with Gasteiger partial charge < -0.3 is 9.64 Å². The molecule has 2 aromatic rings. The Kier molecular flexibility index (Phi) is 7.85. The van der Waals surface area contributed by atoms with Gasteiger partial charge in [-0.15, -0.1) is 0 Å². The minimum atomic E-state index is -0.697. The smallest absolute Gasteiger partial charge is 0.312 e. The quantitative estimate of drug-likeness (QED) is 0.439. The third-order valence-electron chi connectivity index (χ3n) is 5.93. The average molecular weight is 442 g/mol. The van der Waals surface area contributed by atoms with Gasteiger partial charge in [0.1, 0.15) is 0 Å². The van der Waals surface area contributed by atoms with Crippen LogP contribution in [0.25, 0.3) is 0 Å². The molecule has 2 aromatic carbocycles. The first kappa shape index (κ1) is 23.0. The fraction of sp³-hybridized carbons (Fsp3) is 0.400. The van der Waals surface area contributed by atoms with E-state index >= 15 is 0 Å². The van der Waals surface area contributed by atoms with Crippen molar-refractivity contribution in [1.82, 2.24) is 4.90 Å². The lowest BCUT2D eigenvalue weighted by Gasteiger charge is -2.40. The number of ketones is 1. The van der Waals surface area contributed by atoms with Gasteiger partial charge in [-0.1, -0.05) is 60.1 Å². The molecule has 5 nitrogen and oxygen atoms in total. The molecule has 0 unspecified atom stereocenters. The summed E-state index contributed by atoms with van der Waals surface area (Å²) >= 11 is 6.34. The molecular formula is C25H28ClNO4. The number of hydrogen-bond donors (Lipinski definition) is 0. The molecule has 0 radical (unpaired) electrons. The molecule has 0 N–H and O–H groups in total. The SMILES string of the molecule is CCOC(=O)C1(Cc2ccccc2Cl)CCN(C(=O)CCC(=O)c2ccccc2)CC1. The van der Waals surface area contributed by atoms with Gasteiger partial charge in [-0.25, -0.2) is 0 Å². The molecule has 0 aromatic heterocycles. The first-order chi connectivity index (χ1) is 14.9. The van der Waals surface area contributed by atoms with Crippen LogP contribution in [0.4, 0.5) is 0 Å². The lowest BCUT2D eigenvalue weighted by molar-refractivity contribution is -0.160. The molecule has 1 aliphatic heterocycles. The van der Waals surface area contributed by atoms with Gasteiger partial charge in [0.2, 0.25) is 5.91 Å². The van der Waals surface area contributed by atoms with Gasteiger partial charge in [-0.05, 0) is 37.8 Å². The molecule has 0 atom stereocenters. The zero-order chi connectivity index (χ0) is 22.3.